The molecule has 0 amide bonds. The van der Waals surface area contributed by atoms with Crippen LogP contribution in [0.2, 0.25) is 13.1 Å². The number of hydrogen-bond acceptors (Lipinski definition) is 1. The van der Waals surface area contributed by atoms with Crippen LogP contribution in [0.4, 0.5) is 0 Å². The molecule has 3 aliphatic carbocycles. The predicted molar refractivity (Wildman–Crippen MR) is 153 cm³/mol. The molecule has 3 rings (SSSR count). The maximum Gasteiger partial charge on any atom is 0.220 e. The molecular formula is C30H50Cl2OSi. The lowest BCUT2D eigenvalue weighted by molar-refractivity contribution is 0.164. The molecule has 0 N–H and O–H groups in total. The Morgan fingerprint density at radius 2 is 1.74 bits per heavy atom. The maximum atomic E-state index is 6.48. The molecule has 1 nitrogen and oxygen atoms in total. The highest BCUT2D eigenvalue weighted by Gasteiger charge is 2.46. The minimum Gasteiger partial charge on any atom is -0.411 e. The molecule has 0 bridgehead atoms. The number of alkyl halides is 2. The van der Waals surface area contributed by atoms with Crippen molar-refractivity contribution in [3.8, 4) is 0 Å². The van der Waals surface area contributed by atoms with Gasteiger partial charge in [0.15, 0.2) is 0 Å². The van der Waals surface area contributed by atoms with E-state index < -0.39 is 8.32 Å². The predicted octanol–water partition coefficient (Wildman–Crippen LogP) is 10.3. The van der Waals surface area contributed by atoms with Crippen molar-refractivity contribution in [2.75, 3.05) is 0 Å². The first-order valence-electron chi connectivity index (χ1n) is 14.0. The van der Waals surface area contributed by atoms with Gasteiger partial charge in [-0.15, -0.1) is 23.2 Å². The molecule has 0 heterocycles. The van der Waals surface area contributed by atoms with E-state index in [-0.39, 0.29) is 10.6 Å². The van der Waals surface area contributed by atoms with Crippen LogP contribution < -0.4 is 0 Å². The Bertz CT molecular complexity index is 794. The number of hydrogen-bond donors (Lipinski definition) is 0. The molecule has 0 saturated heterocycles. The molecule has 4 unspecified atom stereocenters. The quantitative estimate of drug-likeness (QED) is 0.204. The van der Waals surface area contributed by atoms with Gasteiger partial charge in [-0.05, 0) is 106 Å². The van der Waals surface area contributed by atoms with Crippen molar-refractivity contribution < 1.29 is 4.43 Å². The van der Waals surface area contributed by atoms with Crippen LogP contribution in [0, 0.1) is 23.2 Å². The van der Waals surface area contributed by atoms with Crippen molar-refractivity contribution in [2.24, 2.45) is 23.2 Å². The highest BCUT2D eigenvalue weighted by Crippen LogP contribution is 2.58. The van der Waals surface area contributed by atoms with E-state index in [0.29, 0.717) is 5.41 Å². The summed E-state index contributed by atoms with van der Waals surface area (Å²) in [7, 11) is -2.06. The van der Waals surface area contributed by atoms with E-state index in [4.69, 9.17) is 27.6 Å². The molecule has 0 spiro atoms. The average Bonchev–Trinajstić information content (AvgIpc) is 3.11. The normalized spacial score (nSPS) is 29.6. The maximum absolute atomic E-state index is 6.48. The van der Waals surface area contributed by atoms with Gasteiger partial charge in [-0.25, -0.2) is 0 Å². The van der Waals surface area contributed by atoms with Gasteiger partial charge >= 0.3 is 0 Å². The van der Waals surface area contributed by atoms with E-state index in [0.717, 1.165) is 37.0 Å². The van der Waals surface area contributed by atoms with E-state index in [9.17, 15) is 0 Å². The van der Waals surface area contributed by atoms with Gasteiger partial charge in [-0.3, -0.25) is 0 Å². The summed E-state index contributed by atoms with van der Waals surface area (Å²) in [4.78, 5) is 0. The fraction of sp³-hybridized carbons (Fsp3) is 0.800. The Kier molecular flexibility index (Phi) is 10.1. The fourth-order valence-corrected chi connectivity index (χ4v) is 8.46. The van der Waals surface area contributed by atoms with Crippen LogP contribution in [-0.4, -0.2) is 18.9 Å². The minimum absolute atomic E-state index is 0.252. The second-order valence-corrected chi connectivity index (χ2v) is 18.6. The third-order valence-corrected chi connectivity index (χ3v) is 14.3. The molecule has 4 atom stereocenters. The SMILES string of the molecule is CC1=C(/C=C/C2=C3CCC(C(C)CCCC(C)C)C3(C)CCC2)CC(O[Si](C)(C)C(Cl)Cl)CC1. The number of halogens is 2. The second kappa shape index (κ2) is 12.0. The zero-order valence-electron chi connectivity index (χ0n) is 23.0. The van der Waals surface area contributed by atoms with Gasteiger partial charge in [0.1, 0.15) is 4.46 Å². The molecule has 0 aromatic heterocycles. The Hall–Kier alpha value is -0.0231. The lowest BCUT2D eigenvalue weighted by atomic mass is 9.64. The molecule has 0 aromatic rings. The average molecular weight is 526 g/mol. The Labute approximate surface area is 221 Å². The van der Waals surface area contributed by atoms with Crippen LogP contribution in [0.3, 0.4) is 0 Å². The van der Waals surface area contributed by atoms with E-state index in [1.807, 2.05) is 0 Å². The highest BCUT2D eigenvalue weighted by molar-refractivity contribution is 6.88. The summed E-state index contributed by atoms with van der Waals surface area (Å²) in [6, 6.07) is 0. The van der Waals surface area contributed by atoms with Gasteiger partial charge in [0.2, 0.25) is 8.32 Å². The molecule has 0 aromatic carbocycles. The van der Waals surface area contributed by atoms with Crippen molar-refractivity contribution >= 4 is 31.5 Å². The van der Waals surface area contributed by atoms with Gasteiger partial charge in [0, 0.05) is 6.10 Å². The summed E-state index contributed by atoms with van der Waals surface area (Å²) in [5.74, 6) is 2.53. The topological polar surface area (TPSA) is 9.23 Å². The Balaban J connectivity index is 1.71. The summed E-state index contributed by atoms with van der Waals surface area (Å²) in [6.45, 7) is 16.4. The molecule has 0 radical (unpaired) electrons. The second-order valence-electron chi connectivity index (χ2n) is 12.7. The van der Waals surface area contributed by atoms with Crippen LogP contribution in [-0.2, 0) is 4.43 Å². The first-order chi connectivity index (χ1) is 15.9. The molecule has 0 aliphatic heterocycles. The van der Waals surface area contributed by atoms with E-state index in [1.165, 1.54) is 62.5 Å². The van der Waals surface area contributed by atoms with Crippen LogP contribution in [0.5, 0.6) is 0 Å². The summed E-state index contributed by atoms with van der Waals surface area (Å²) in [5, 5.41) is 0. The largest absolute Gasteiger partial charge is 0.411 e. The summed E-state index contributed by atoms with van der Waals surface area (Å²) < 4.78 is 6.10. The molecule has 194 valence electrons. The highest BCUT2D eigenvalue weighted by atomic mass is 35.5. The number of rotatable bonds is 10. The van der Waals surface area contributed by atoms with Gasteiger partial charge in [-0.1, -0.05) is 70.3 Å². The third kappa shape index (κ3) is 6.84. The minimum atomic E-state index is -2.06. The van der Waals surface area contributed by atoms with Crippen LogP contribution in [0.15, 0.2) is 34.4 Å². The first-order valence-corrected chi connectivity index (χ1v) is 17.8. The van der Waals surface area contributed by atoms with E-state index >= 15 is 0 Å². The zero-order chi connectivity index (χ0) is 25.1. The third-order valence-electron chi connectivity index (χ3n) is 9.19. The Morgan fingerprint density at radius 3 is 2.41 bits per heavy atom. The van der Waals surface area contributed by atoms with Gasteiger partial charge in [0.05, 0.1) is 0 Å². The lowest BCUT2D eigenvalue weighted by Gasteiger charge is -2.40. The van der Waals surface area contributed by atoms with Gasteiger partial charge < -0.3 is 4.43 Å². The van der Waals surface area contributed by atoms with Crippen molar-refractivity contribution in [3.05, 3.63) is 34.4 Å². The molecular weight excluding hydrogens is 475 g/mol. The van der Waals surface area contributed by atoms with Crippen molar-refractivity contribution in [3.63, 3.8) is 0 Å². The summed E-state index contributed by atoms with van der Waals surface area (Å²) in [6.07, 6.45) is 19.2. The molecule has 1 fully saturated rings. The zero-order valence-corrected chi connectivity index (χ0v) is 25.5. The lowest BCUT2D eigenvalue weighted by Crippen LogP contribution is -2.42. The molecule has 34 heavy (non-hydrogen) atoms. The smallest absolute Gasteiger partial charge is 0.220 e. The van der Waals surface area contributed by atoms with Crippen molar-refractivity contribution in [1.29, 1.82) is 0 Å². The monoisotopic (exact) mass is 524 g/mol. The van der Waals surface area contributed by atoms with E-state index in [2.05, 4.69) is 59.9 Å². The molecule has 1 saturated carbocycles. The van der Waals surface area contributed by atoms with Crippen LogP contribution in [0.25, 0.3) is 0 Å². The fourth-order valence-electron chi connectivity index (χ4n) is 6.99. The van der Waals surface area contributed by atoms with Crippen LogP contribution >= 0.6 is 23.2 Å². The number of fused-ring (bicyclic) bond motifs is 1. The van der Waals surface area contributed by atoms with Crippen LogP contribution in [0.1, 0.15) is 105 Å². The molecule has 3 aliphatic rings. The van der Waals surface area contributed by atoms with Gasteiger partial charge in [0.25, 0.3) is 0 Å². The van der Waals surface area contributed by atoms with Crippen molar-refractivity contribution in [1.82, 2.24) is 0 Å². The Morgan fingerprint density at radius 1 is 1.03 bits per heavy atom. The standard InChI is InChI=1S/C30H50Cl2OSi/c1-21(2)10-8-11-23(4)27-17-18-28-24(12-9-19-30(27,28)5)14-15-25-20-26(16-13-22(25)3)33-34(6,7)29(31)32/h14-15,21,23,26-27,29H,8-13,16-20H2,1-7H3/b15-14+. The van der Waals surface area contributed by atoms with Crippen molar-refractivity contribution in [2.45, 2.75) is 129 Å². The van der Waals surface area contributed by atoms with Gasteiger partial charge in [-0.2, -0.15) is 0 Å². The summed E-state index contributed by atoms with van der Waals surface area (Å²) in [5.41, 5.74) is 6.85. The first kappa shape index (κ1) is 28.5. The molecule has 4 heteroatoms. The van der Waals surface area contributed by atoms with E-state index in [1.54, 1.807) is 11.1 Å². The summed E-state index contributed by atoms with van der Waals surface area (Å²) >= 11 is 12.5. The number of allylic oxidation sites excluding steroid dienone is 5.